The minimum Gasteiger partial charge on any atom is -0.366 e. The number of anilines is 1. The summed E-state index contributed by atoms with van der Waals surface area (Å²) in [5.74, 6) is 1.49. The highest BCUT2D eigenvalue weighted by Gasteiger charge is 2.08. The van der Waals surface area contributed by atoms with Crippen molar-refractivity contribution in [1.82, 2.24) is 25.0 Å². The van der Waals surface area contributed by atoms with Gasteiger partial charge in [-0.25, -0.2) is 0 Å². The highest BCUT2D eigenvalue weighted by atomic mass is 15.5. The number of aromatic nitrogens is 5. The van der Waals surface area contributed by atoms with Crippen LogP contribution in [0.15, 0.2) is 12.4 Å². The third kappa shape index (κ3) is 2.26. The lowest BCUT2D eigenvalue weighted by Crippen LogP contribution is -2.19. The maximum Gasteiger partial charge on any atom is 0.199 e. The third-order valence-electron chi connectivity index (χ3n) is 2.33. The van der Waals surface area contributed by atoms with E-state index in [2.05, 4.69) is 46.6 Å². The van der Waals surface area contributed by atoms with Crippen LogP contribution in [-0.2, 0) is 0 Å². The highest BCUT2D eigenvalue weighted by molar-refractivity contribution is 5.44. The number of nitrogens with zero attached hydrogens (tertiary/aromatic N) is 5. The van der Waals surface area contributed by atoms with Crippen LogP contribution in [0.3, 0.4) is 0 Å². The van der Waals surface area contributed by atoms with Gasteiger partial charge >= 0.3 is 0 Å². The largest absolute Gasteiger partial charge is 0.366 e. The molecule has 1 atom stereocenters. The van der Waals surface area contributed by atoms with Crippen LogP contribution in [0.5, 0.6) is 0 Å². The first-order chi connectivity index (χ1) is 7.66. The van der Waals surface area contributed by atoms with Gasteiger partial charge < -0.3 is 5.32 Å². The molecule has 6 nitrogen and oxygen atoms in total. The van der Waals surface area contributed by atoms with Crippen LogP contribution in [0.4, 0.5) is 5.82 Å². The number of fused-ring (bicyclic) bond motifs is 1. The van der Waals surface area contributed by atoms with Crippen LogP contribution >= 0.6 is 0 Å². The van der Waals surface area contributed by atoms with E-state index in [-0.39, 0.29) is 0 Å². The van der Waals surface area contributed by atoms with E-state index in [1.165, 1.54) is 0 Å². The van der Waals surface area contributed by atoms with E-state index in [9.17, 15) is 0 Å². The molecule has 2 heterocycles. The molecule has 1 unspecified atom stereocenters. The van der Waals surface area contributed by atoms with Crippen molar-refractivity contribution < 1.29 is 0 Å². The molecule has 0 aliphatic carbocycles. The molecule has 2 aromatic heterocycles. The predicted molar refractivity (Wildman–Crippen MR) is 61.1 cm³/mol. The fourth-order valence-corrected chi connectivity index (χ4v) is 1.79. The van der Waals surface area contributed by atoms with E-state index in [0.717, 1.165) is 12.2 Å². The third-order valence-corrected chi connectivity index (χ3v) is 2.33. The van der Waals surface area contributed by atoms with Gasteiger partial charge in [0.1, 0.15) is 0 Å². The summed E-state index contributed by atoms with van der Waals surface area (Å²) in [5.41, 5.74) is 0.654. The average Bonchev–Trinajstić information content (AvgIpc) is 2.65. The molecule has 0 saturated carbocycles. The molecule has 2 rings (SSSR count). The maximum absolute atomic E-state index is 4.09. The normalized spacial score (nSPS) is 13.2. The summed E-state index contributed by atoms with van der Waals surface area (Å²) in [4.78, 5) is 4.09. The van der Waals surface area contributed by atoms with Gasteiger partial charge in [0, 0.05) is 6.04 Å². The average molecular weight is 220 g/mol. The van der Waals surface area contributed by atoms with E-state index in [1.54, 1.807) is 16.9 Å². The number of rotatable bonds is 4. The summed E-state index contributed by atoms with van der Waals surface area (Å²) in [6.07, 6.45) is 4.47. The van der Waals surface area contributed by atoms with Crippen LogP contribution in [0.1, 0.15) is 27.2 Å². The Morgan fingerprint density at radius 1 is 1.31 bits per heavy atom. The predicted octanol–water partition coefficient (Wildman–Crippen LogP) is 1.37. The summed E-state index contributed by atoms with van der Waals surface area (Å²) in [6, 6.07) is 0.372. The van der Waals surface area contributed by atoms with Crippen molar-refractivity contribution in [3.8, 4) is 0 Å². The van der Waals surface area contributed by atoms with Crippen LogP contribution in [0.2, 0.25) is 0 Å². The van der Waals surface area contributed by atoms with Gasteiger partial charge in [-0.15, -0.1) is 5.10 Å². The quantitative estimate of drug-likeness (QED) is 0.842. The summed E-state index contributed by atoms with van der Waals surface area (Å²) in [7, 11) is 0. The van der Waals surface area contributed by atoms with Crippen LogP contribution in [-0.4, -0.2) is 31.1 Å². The fourth-order valence-electron chi connectivity index (χ4n) is 1.79. The Morgan fingerprint density at radius 2 is 2.12 bits per heavy atom. The Morgan fingerprint density at radius 3 is 2.88 bits per heavy atom. The summed E-state index contributed by atoms with van der Waals surface area (Å²) in [5, 5.41) is 14.7. The van der Waals surface area contributed by atoms with Gasteiger partial charge in [0.15, 0.2) is 11.5 Å². The van der Waals surface area contributed by atoms with Crippen LogP contribution in [0.25, 0.3) is 5.65 Å². The maximum atomic E-state index is 4.09. The minimum absolute atomic E-state index is 0.372. The number of tetrazole rings is 1. The molecular weight excluding hydrogens is 204 g/mol. The molecule has 6 heteroatoms. The van der Waals surface area contributed by atoms with Crippen molar-refractivity contribution in [2.45, 2.75) is 33.2 Å². The summed E-state index contributed by atoms with van der Waals surface area (Å²) >= 11 is 0. The number of hydrogen-bond acceptors (Lipinski definition) is 5. The smallest absolute Gasteiger partial charge is 0.199 e. The summed E-state index contributed by atoms with van der Waals surface area (Å²) in [6.45, 7) is 6.55. The standard InChI is InChI=1S/C10H16N6/c1-7(2)4-8(3)12-9-5-11-6-10-13-14-15-16(9)10/h5-8,12H,4H2,1-3H3. The molecule has 0 aliphatic heterocycles. The first-order valence-corrected chi connectivity index (χ1v) is 5.45. The van der Waals surface area contributed by atoms with Gasteiger partial charge in [0.2, 0.25) is 0 Å². The van der Waals surface area contributed by atoms with Gasteiger partial charge in [-0.05, 0) is 29.7 Å². The highest BCUT2D eigenvalue weighted by Crippen LogP contribution is 2.11. The Balaban J connectivity index is 2.17. The van der Waals surface area contributed by atoms with Crippen molar-refractivity contribution in [2.24, 2.45) is 5.92 Å². The Kier molecular flexibility index (Phi) is 2.98. The molecule has 0 bridgehead atoms. The minimum atomic E-state index is 0.372. The molecule has 0 aromatic carbocycles. The SMILES string of the molecule is CC(C)CC(C)Nc1cncc2nnnn12. The molecular formula is C10H16N6. The topological polar surface area (TPSA) is 68.0 Å². The van der Waals surface area contributed by atoms with Gasteiger partial charge in [-0.1, -0.05) is 13.8 Å². The van der Waals surface area contributed by atoms with E-state index < -0.39 is 0 Å². The van der Waals surface area contributed by atoms with E-state index in [4.69, 9.17) is 0 Å². The van der Waals surface area contributed by atoms with Crippen LogP contribution in [0, 0.1) is 5.92 Å². The molecule has 0 radical (unpaired) electrons. The lowest BCUT2D eigenvalue weighted by molar-refractivity contribution is 0.537. The fraction of sp³-hybridized carbons (Fsp3) is 0.600. The van der Waals surface area contributed by atoms with Crippen molar-refractivity contribution >= 4 is 11.5 Å². The van der Waals surface area contributed by atoms with Crippen molar-refractivity contribution in [3.05, 3.63) is 12.4 Å². The second-order valence-corrected chi connectivity index (χ2v) is 4.42. The zero-order chi connectivity index (χ0) is 11.5. The molecule has 1 N–H and O–H groups in total. The van der Waals surface area contributed by atoms with E-state index in [0.29, 0.717) is 17.6 Å². The second kappa shape index (κ2) is 4.42. The zero-order valence-electron chi connectivity index (χ0n) is 9.75. The van der Waals surface area contributed by atoms with Gasteiger partial charge in [0.05, 0.1) is 12.4 Å². The summed E-state index contributed by atoms with van der Waals surface area (Å²) < 4.78 is 1.66. The lowest BCUT2D eigenvalue weighted by Gasteiger charge is -2.16. The Bertz CT molecular complexity index is 463. The molecule has 0 amide bonds. The number of nitrogens with one attached hydrogen (secondary N) is 1. The lowest BCUT2D eigenvalue weighted by atomic mass is 10.1. The molecule has 86 valence electrons. The van der Waals surface area contributed by atoms with E-state index >= 15 is 0 Å². The van der Waals surface area contributed by atoms with Gasteiger partial charge in [-0.3, -0.25) is 4.98 Å². The number of hydrogen-bond donors (Lipinski definition) is 1. The van der Waals surface area contributed by atoms with Gasteiger partial charge in [-0.2, -0.15) is 4.52 Å². The van der Waals surface area contributed by atoms with Gasteiger partial charge in [0.25, 0.3) is 0 Å². The molecule has 0 saturated heterocycles. The molecule has 0 aliphatic rings. The monoisotopic (exact) mass is 220 g/mol. The first kappa shape index (κ1) is 10.8. The van der Waals surface area contributed by atoms with Crippen LogP contribution < -0.4 is 5.32 Å². The molecule has 16 heavy (non-hydrogen) atoms. The van der Waals surface area contributed by atoms with Crippen molar-refractivity contribution in [2.75, 3.05) is 5.32 Å². The van der Waals surface area contributed by atoms with E-state index in [1.807, 2.05) is 0 Å². The van der Waals surface area contributed by atoms with Crippen molar-refractivity contribution in [3.63, 3.8) is 0 Å². The second-order valence-electron chi connectivity index (χ2n) is 4.42. The molecule has 0 spiro atoms. The first-order valence-electron chi connectivity index (χ1n) is 5.45. The molecule has 2 aromatic rings. The Hall–Kier alpha value is -1.72. The van der Waals surface area contributed by atoms with Crippen molar-refractivity contribution in [1.29, 1.82) is 0 Å². The Labute approximate surface area is 94.1 Å². The molecule has 0 fully saturated rings. The zero-order valence-corrected chi connectivity index (χ0v) is 9.75.